The van der Waals surface area contributed by atoms with Gasteiger partial charge in [0.1, 0.15) is 0 Å². The Morgan fingerprint density at radius 2 is 2.03 bits per heavy atom. The summed E-state index contributed by atoms with van der Waals surface area (Å²) in [4.78, 5) is 19.6. The number of nitrogens with one attached hydrogen (secondary N) is 1. The predicted molar refractivity (Wildman–Crippen MR) is 118 cm³/mol. The predicted octanol–water partition coefficient (Wildman–Crippen LogP) is 3.80. The molecule has 0 unspecified atom stereocenters. The first-order valence-electron chi connectivity index (χ1n) is 11.3. The van der Waals surface area contributed by atoms with Crippen LogP contribution in [0.4, 0.5) is 0 Å². The van der Waals surface area contributed by atoms with Gasteiger partial charge in [0.05, 0.1) is 18.8 Å². The van der Waals surface area contributed by atoms with E-state index in [1.54, 1.807) is 0 Å². The highest BCUT2D eigenvalue weighted by Gasteiger charge is 2.41. The van der Waals surface area contributed by atoms with Crippen LogP contribution in [-0.4, -0.2) is 59.3 Å². The van der Waals surface area contributed by atoms with Crippen molar-refractivity contribution in [1.29, 1.82) is 0 Å². The summed E-state index contributed by atoms with van der Waals surface area (Å²) in [6.45, 7) is 1.57. The molecule has 1 aromatic heterocycles. The summed E-state index contributed by atoms with van der Waals surface area (Å²) < 4.78 is 6.44. The SMILES string of the molecule is CSCN[C@H]1CCCN(C(=O)C2CC2)[C@H]1COC1CCC(c2ccccn2)CC1. The van der Waals surface area contributed by atoms with Gasteiger partial charge in [-0.25, -0.2) is 0 Å². The van der Waals surface area contributed by atoms with Crippen molar-refractivity contribution in [2.75, 3.05) is 25.3 Å². The Kier molecular flexibility index (Phi) is 7.49. The van der Waals surface area contributed by atoms with Crippen LogP contribution in [0.2, 0.25) is 0 Å². The van der Waals surface area contributed by atoms with Crippen LogP contribution in [0.25, 0.3) is 0 Å². The van der Waals surface area contributed by atoms with Crippen molar-refractivity contribution in [3.05, 3.63) is 30.1 Å². The third-order valence-electron chi connectivity index (χ3n) is 6.76. The second-order valence-corrected chi connectivity index (χ2v) is 9.69. The van der Waals surface area contributed by atoms with Crippen molar-refractivity contribution >= 4 is 17.7 Å². The Bertz CT molecular complexity index is 647. The fourth-order valence-corrected chi connectivity index (χ4v) is 5.29. The van der Waals surface area contributed by atoms with Crippen LogP contribution in [0.3, 0.4) is 0 Å². The zero-order valence-electron chi connectivity index (χ0n) is 17.6. The van der Waals surface area contributed by atoms with Gasteiger partial charge >= 0.3 is 0 Å². The number of nitrogens with zero attached hydrogens (tertiary/aromatic N) is 2. The fourth-order valence-electron chi connectivity index (χ4n) is 4.91. The van der Waals surface area contributed by atoms with E-state index in [2.05, 4.69) is 33.6 Å². The average Bonchev–Trinajstić information content (AvgIpc) is 3.62. The summed E-state index contributed by atoms with van der Waals surface area (Å²) in [5, 5.41) is 3.66. The minimum atomic E-state index is 0.178. The molecule has 0 aromatic carbocycles. The second kappa shape index (κ2) is 10.3. The molecule has 3 aliphatic rings. The maximum Gasteiger partial charge on any atom is 0.226 e. The molecule has 2 atom stereocenters. The van der Waals surface area contributed by atoms with Crippen molar-refractivity contribution in [2.45, 2.75) is 75.5 Å². The smallest absolute Gasteiger partial charge is 0.226 e. The summed E-state index contributed by atoms with van der Waals surface area (Å²) in [6.07, 6.45) is 13.2. The molecule has 1 N–H and O–H groups in total. The van der Waals surface area contributed by atoms with E-state index in [-0.39, 0.29) is 12.0 Å². The molecule has 1 aliphatic heterocycles. The highest BCUT2D eigenvalue weighted by atomic mass is 32.2. The number of likely N-dealkylation sites (tertiary alicyclic amines) is 1. The molecule has 1 amide bonds. The molecular formula is C23H35N3O2S. The lowest BCUT2D eigenvalue weighted by atomic mass is 9.85. The van der Waals surface area contributed by atoms with E-state index < -0.39 is 0 Å². The summed E-state index contributed by atoms with van der Waals surface area (Å²) in [6, 6.07) is 6.75. The quantitative estimate of drug-likeness (QED) is 0.652. The van der Waals surface area contributed by atoms with Gasteiger partial charge in [-0.3, -0.25) is 9.78 Å². The van der Waals surface area contributed by atoms with Gasteiger partial charge < -0.3 is 15.0 Å². The minimum Gasteiger partial charge on any atom is -0.376 e. The number of carbonyl (C=O) groups is 1. The Labute approximate surface area is 179 Å². The van der Waals surface area contributed by atoms with Crippen molar-refractivity contribution in [1.82, 2.24) is 15.2 Å². The van der Waals surface area contributed by atoms with E-state index in [0.29, 0.717) is 30.6 Å². The Hall–Kier alpha value is -1.11. The summed E-state index contributed by atoms with van der Waals surface area (Å²) in [5.74, 6) is 2.15. The van der Waals surface area contributed by atoms with Gasteiger partial charge in [-0.05, 0) is 69.8 Å². The molecule has 4 rings (SSSR count). The molecule has 160 valence electrons. The van der Waals surface area contributed by atoms with Crippen molar-refractivity contribution in [3.63, 3.8) is 0 Å². The number of thioether (sulfide) groups is 1. The number of aromatic nitrogens is 1. The van der Waals surface area contributed by atoms with Crippen molar-refractivity contribution in [2.24, 2.45) is 5.92 Å². The van der Waals surface area contributed by atoms with Gasteiger partial charge in [0, 0.05) is 42.2 Å². The normalized spacial score (nSPS) is 30.3. The summed E-state index contributed by atoms with van der Waals surface area (Å²) >= 11 is 1.81. The third kappa shape index (κ3) is 5.53. The monoisotopic (exact) mass is 417 g/mol. The minimum absolute atomic E-state index is 0.178. The molecule has 2 saturated carbocycles. The largest absolute Gasteiger partial charge is 0.376 e. The first-order chi connectivity index (χ1) is 14.3. The van der Waals surface area contributed by atoms with E-state index in [1.807, 2.05) is 24.0 Å². The van der Waals surface area contributed by atoms with Gasteiger partial charge in [-0.15, -0.1) is 11.8 Å². The van der Waals surface area contributed by atoms with E-state index >= 15 is 0 Å². The average molecular weight is 418 g/mol. The number of ether oxygens (including phenoxy) is 1. The molecule has 2 heterocycles. The van der Waals surface area contributed by atoms with Crippen molar-refractivity contribution in [3.8, 4) is 0 Å². The third-order valence-corrected chi connectivity index (χ3v) is 7.22. The Balaban J connectivity index is 1.32. The molecule has 2 aliphatic carbocycles. The maximum absolute atomic E-state index is 12.9. The summed E-state index contributed by atoms with van der Waals surface area (Å²) in [5.41, 5.74) is 1.22. The van der Waals surface area contributed by atoms with Gasteiger partial charge in [-0.1, -0.05) is 6.07 Å². The lowest BCUT2D eigenvalue weighted by molar-refractivity contribution is -0.140. The highest BCUT2D eigenvalue weighted by molar-refractivity contribution is 7.98. The maximum atomic E-state index is 12.9. The van der Waals surface area contributed by atoms with Crippen molar-refractivity contribution < 1.29 is 9.53 Å². The zero-order chi connectivity index (χ0) is 20.1. The topological polar surface area (TPSA) is 54.5 Å². The van der Waals surface area contributed by atoms with E-state index in [4.69, 9.17) is 4.74 Å². The van der Waals surface area contributed by atoms with Crippen LogP contribution in [0.5, 0.6) is 0 Å². The van der Waals surface area contributed by atoms with Crippen LogP contribution in [-0.2, 0) is 9.53 Å². The number of hydrogen-bond acceptors (Lipinski definition) is 5. The molecule has 0 radical (unpaired) electrons. The summed E-state index contributed by atoms with van der Waals surface area (Å²) in [7, 11) is 0. The van der Waals surface area contributed by atoms with Crippen LogP contribution in [0.1, 0.15) is 63.0 Å². The number of piperidine rings is 1. The molecule has 6 heteroatoms. The molecule has 1 saturated heterocycles. The molecule has 1 aromatic rings. The van der Waals surface area contributed by atoms with Gasteiger partial charge in [0.2, 0.25) is 5.91 Å². The first kappa shape index (κ1) is 21.1. The number of hydrogen-bond donors (Lipinski definition) is 1. The van der Waals surface area contributed by atoms with E-state index in [0.717, 1.165) is 63.8 Å². The van der Waals surface area contributed by atoms with Crippen LogP contribution in [0.15, 0.2) is 24.4 Å². The number of pyridine rings is 1. The zero-order valence-corrected chi connectivity index (χ0v) is 18.4. The number of amides is 1. The molecular weight excluding hydrogens is 382 g/mol. The molecule has 5 nitrogen and oxygen atoms in total. The molecule has 29 heavy (non-hydrogen) atoms. The van der Waals surface area contributed by atoms with Gasteiger partial charge in [-0.2, -0.15) is 0 Å². The van der Waals surface area contributed by atoms with Crippen LogP contribution >= 0.6 is 11.8 Å². The van der Waals surface area contributed by atoms with Gasteiger partial charge in [0.25, 0.3) is 0 Å². The Morgan fingerprint density at radius 1 is 1.21 bits per heavy atom. The van der Waals surface area contributed by atoms with Crippen LogP contribution in [0, 0.1) is 5.92 Å². The molecule has 0 spiro atoms. The second-order valence-electron chi connectivity index (χ2n) is 8.82. The lowest BCUT2D eigenvalue weighted by Gasteiger charge is -2.42. The van der Waals surface area contributed by atoms with Crippen LogP contribution < -0.4 is 5.32 Å². The highest BCUT2D eigenvalue weighted by Crippen LogP contribution is 2.35. The van der Waals surface area contributed by atoms with Gasteiger partial charge in [0.15, 0.2) is 0 Å². The fraction of sp³-hybridized carbons (Fsp3) is 0.739. The number of rotatable bonds is 8. The Morgan fingerprint density at radius 3 is 2.72 bits per heavy atom. The van der Waals surface area contributed by atoms with E-state index in [1.165, 1.54) is 5.69 Å². The lowest BCUT2D eigenvalue weighted by Crippen LogP contribution is -2.58. The first-order valence-corrected chi connectivity index (χ1v) is 12.7. The molecule has 0 bridgehead atoms. The number of carbonyl (C=O) groups excluding carboxylic acids is 1. The van der Waals surface area contributed by atoms with E-state index in [9.17, 15) is 4.79 Å². The standard InChI is InChI=1S/C23H35N3O2S/c1-29-16-25-21-6-4-14-26(23(27)18-7-8-18)22(21)15-28-19-11-9-17(10-12-19)20-5-2-3-13-24-20/h2-3,5,13,17-19,21-22,25H,4,6-12,14-16H2,1H3/t17?,19?,21-,22-/m0/s1. The molecule has 3 fully saturated rings.